The van der Waals surface area contributed by atoms with Gasteiger partial charge in [0, 0.05) is 5.56 Å². The van der Waals surface area contributed by atoms with Crippen LogP contribution in [0.5, 0.6) is 0 Å². The van der Waals surface area contributed by atoms with Crippen LogP contribution in [-0.4, -0.2) is 6.54 Å². The maximum absolute atomic E-state index is 13.3. The average molecular weight is 301 g/mol. The average Bonchev–Trinajstić information content (AvgIpc) is 2.87. The molecule has 1 aromatic carbocycles. The van der Waals surface area contributed by atoms with Crippen LogP contribution in [0.4, 0.5) is 17.6 Å². The van der Waals surface area contributed by atoms with E-state index in [1.54, 1.807) is 6.07 Å². The zero-order valence-electron chi connectivity index (χ0n) is 11.4. The van der Waals surface area contributed by atoms with Crippen molar-refractivity contribution in [2.75, 3.05) is 6.54 Å². The van der Waals surface area contributed by atoms with E-state index in [0.717, 1.165) is 25.1 Å². The van der Waals surface area contributed by atoms with Gasteiger partial charge in [-0.25, -0.2) is 4.39 Å². The van der Waals surface area contributed by atoms with Gasteiger partial charge < -0.3 is 9.73 Å². The largest absolute Gasteiger partial charge is 0.467 e. The quantitative estimate of drug-likeness (QED) is 0.644. The Labute approximate surface area is 119 Å². The summed E-state index contributed by atoms with van der Waals surface area (Å²) >= 11 is 0. The van der Waals surface area contributed by atoms with Crippen LogP contribution < -0.4 is 5.32 Å². The van der Waals surface area contributed by atoms with Gasteiger partial charge in [-0.1, -0.05) is 13.0 Å². The third-order valence-electron chi connectivity index (χ3n) is 3.04. The maximum atomic E-state index is 13.3. The lowest BCUT2D eigenvalue weighted by Crippen LogP contribution is -2.13. The molecule has 0 saturated heterocycles. The van der Waals surface area contributed by atoms with E-state index in [0.29, 0.717) is 17.9 Å². The van der Waals surface area contributed by atoms with Gasteiger partial charge in [-0.05, 0) is 36.7 Å². The third kappa shape index (κ3) is 3.64. The van der Waals surface area contributed by atoms with Crippen LogP contribution in [0.15, 0.2) is 34.9 Å². The fourth-order valence-electron chi connectivity index (χ4n) is 2.02. The highest BCUT2D eigenvalue weighted by Crippen LogP contribution is 2.35. The van der Waals surface area contributed by atoms with Gasteiger partial charge in [0.2, 0.25) is 0 Å². The van der Waals surface area contributed by atoms with Gasteiger partial charge in [0.25, 0.3) is 0 Å². The summed E-state index contributed by atoms with van der Waals surface area (Å²) in [6.45, 7) is 3.19. The molecule has 0 aliphatic heterocycles. The molecule has 2 nitrogen and oxygen atoms in total. The predicted molar refractivity (Wildman–Crippen MR) is 71.1 cm³/mol. The maximum Gasteiger partial charge on any atom is 0.419 e. The molecule has 2 rings (SSSR count). The second-order valence-corrected chi connectivity index (χ2v) is 4.63. The van der Waals surface area contributed by atoms with Gasteiger partial charge in [0.05, 0.1) is 18.4 Å². The summed E-state index contributed by atoms with van der Waals surface area (Å²) in [4.78, 5) is 0. The standard InChI is InChI=1S/C15H15F4NO/c1-2-6-20-9-14-11(5-7-21-14)10-3-4-13(16)12(8-10)15(17,18)19/h3-5,7-8,20H,2,6,9H2,1H3. The molecule has 0 bridgehead atoms. The lowest BCUT2D eigenvalue weighted by atomic mass is 10.0. The Bertz CT molecular complexity index is 604. The summed E-state index contributed by atoms with van der Waals surface area (Å²) < 4.78 is 56.8. The summed E-state index contributed by atoms with van der Waals surface area (Å²) in [5, 5.41) is 3.11. The normalized spacial score (nSPS) is 11.9. The molecule has 0 spiro atoms. The minimum atomic E-state index is -4.72. The van der Waals surface area contributed by atoms with E-state index in [2.05, 4.69) is 5.32 Å². The summed E-state index contributed by atoms with van der Waals surface area (Å²) in [6, 6.07) is 4.53. The molecule has 1 aromatic heterocycles. The van der Waals surface area contributed by atoms with Gasteiger partial charge in [0.1, 0.15) is 11.6 Å². The highest BCUT2D eigenvalue weighted by atomic mass is 19.4. The minimum Gasteiger partial charge on any atom is -0.467 e. The second kappa shape index (κ2) is 6.30. The zero-order chi connectivity index (χ0) is 15.5. The third-order valence-corrected chi connectivity index (χ3v) is 3.04. The molecule has 21 heavy (non-hydrogen) atoms. The number of benzene rings is 1. The first-order chi connectivity index (χ1) is 9.93. The summed E-state index contributed by atoms with van der Waals surface area (Å²) in [5.74, 6) is -0.747. The molecule has 1 N–H and O–H groups in total. The Balaban J connectivity index is 2.33. The van der Waals surface area contributed by atoms with E-state index >= 15 is 0 Å². The van der Waals surface area contributed by atoms with Crippen LogP contribution in [0.2, 0.25) is 0 Å². The molecule has 0 radical (unpaired) electrons. The molecule has 0 aliphatic rings. The van der Waals surface area contributed by atoms with Crippen LogP contribution in [0.1, 0.15) is 24.7 Å². The molecule has 6 heteroatoms. The van der Waals surface area contributed by atoms with Gasteiger partial charge in [-0.3, -0.25) is 0 Å². The number of furan rings is 1. The number of nitrogens with one attached hydrogen (secondary N) is 1. The zero-order valence-corrected chi connectivity index (χ0v) is 11.4. The van der Waals surface area contributed by atoms with Gasteiger partial charge >= 0.3 is 6.18 Å². The van der Waals surface area contributed by atoms with Crippen LogP contribution in [0.3, 0.4) is 0 Å². The first-order valence-electron chi connectivity index (χ1n) is 6.57. The molecule has 0 fully saturated rings. The van der Waals surface area contributed by atoms with Crippen LogP contribution >= 0.6 is 0 Å². The summed E-state index contributed by atoms with van der Waals surface area (Å²) in [7, 11) is 0. The van der Waals surface area contributed by atoms with Gasteiger partial charge in [0.15, 0.2) is 0 Å². The van der Waals surface area contributed by atoms with Gasteiger partial charge in [-0.15, -0.1) is 0 Å². The fraction of sp³-hybridized carbons (Fsp3) is 0.333. The van der Waals surface area contributed by atoms with Crippen molar-refractivity contribution in [3.63, 3.8) is 0 Å². The highest BCUT2D eigenvalue weighted by molar-refractivity contribution is 5.66. The topological polar surface area (TPSA) is 25.2 Å². The second-order valence-electron chi connectivity index (χ2n) is 4.63. The molecule has 0 atom stereocenters. The molecule has 0 saturated carbocycles. The molecule has 114 valence electrons. The van der Waals surface area contributed by atoms with Crippen molar-refractivity contribution >= 4 is 0 Å². The van der Waals surface area contributed by atoms with E-state index < -0.39 is 17.6 Å². The smallest absolute Gasteiger partial charge is 0.419 e. The molecule has 1 heterocycles. The lowest BCUT2D eigenvalue weighted by Gasteiger charge is -2.10. The van der Waals surface area contributed by atoms with Crippen molar-refractivity contribution in [2.45, 2.75) is 26.1 Å². The monoisotopic (exact) mass is 301 g/mol. The van der Waals surface area contributed by atoms with Gasteiger partial charge in [-0.2, -0.15) is 13.2 Å². The number of alkyl halides is 3. The number of hydrogen-bond acceptors (Lipinski definition) is 2. The minimum absolute atomic E-state index is 0.283. The fourth-order valence-corrected chi connectivity index (χ4v) is 2.02. The van der Waals surface area contributed by atoms with Crippen molar-refractivity contribution in [2.24, 2.45) is 0 Å². The predicted octanol–water partition coefficient (Wildman–Crippen LogP) is 4.60. The summed E-state index contributed by atoms with van der Waals surface area (Å²) in [6.07, 6.45) is -2.37. The van der Waals surface area contributed by atoms with E-state index in [9.17, 15) is 17.6 Å². The highest BCUT2D eigenvalue weighted by Gasteiger charge is 2.34. The van der Waals surface area contributed by atoms with Crippen LogP contribution in [0, 0.1) is 5.82 Å². The van der Waals surface area contributed by atoms with Crippen molar-refractivity contribution in [3.05, 3.63) is 47.7 Å². The summed E-state index contributed by atoms with van der Waals surface area (Å²) in [5.41, 5.74) is -0.455. The van der Waals surface area contributed by atoms with Crippen molar-refractivity contribution in [1.29, 1.82) is 0 Å². The van der Waals surface area contributed by atoms with Crippen molar-refractivity contribution in [1.82, 2.24) is 5.32 Å². The Hall–Kier alpha value is -1.82. The number of rotatable bonds is 5. The SMILES string of the molecule is CCCNCc1occc1-c1ccc(F)c(C(F)(F)F)c1. The molecule has 0 unspecified atom stereocenters. The van der Waals surface area contributed by atoms with Crippen LogP contribution in [0.25, 0.3) is 11.1 Å². The van der Waals surface area contributed by atoms with E-state index in [1.807, 2.05) is 6.92 Å². The molecule has 2 aromatic rings. The number of hydrogen-bond donors (Lipinski definition) is 1. The number of halogens is 4. The van der Waals surface area contributed by atoms with E-state index in [1.165, 1.54) is 12.3 Å². The lowest BCUT2D eigenvalue weighted by molar-refractivity contribution is -0.139. The van der Waals surface area contributed by atoms with Crippen LogP contribution in [-0.2, 0) is 12.7 Å². The van der Waals surface area contributed by atoms with Crippen molar-refractivity contribution in [3.8, 4) is 11.1 Å². The molecular formula is C15H15F4NO. The first-order valence-corrected chi connectivity index (χ1v) is 6.57. The molecule has 0 aliphatic carbocycles. The Kier molecular flexibility index (Phi) is 4.67. The molecule has 0 amide bonds. The Morgan fingerprint density at radius 2 is 1.95 bits per heavy atom. The molecular weight excluding hydrogens is 286 g/mol. The van der Waals surface area contributed by atoms with E-state index in [-0.39, 0.29) is 5.56 Å². The Morgan fingerprint density at radius 3 is 2.62 bits per heavy atom. The van der Waals surface area contributed by atoms with E-state index in [4.69, 9.17) is 4.42 Å². The van der Waals surface area contributed by atoms with Crippen molar-refractivity contribution < 1.29 is 22.0 Å². The Morgan fingerprint density at radius 1 is 1.19 bits per heavy atom. The first kappa shape index (κ1) is 15.6.